The molecule has 2 heterocycles. The summed E-state index contributed by atoms with van der Waals surface area (Å²) in [5.41, 5.74) is 24.5. The van der Waals surface area contributed by atoms with E-state index in [2.05, 4.69) is 266 Å². The van der Waals surface area contributed by atoms with Gasteiger partial charge >= 0.3 is 0 Å². The van der Waals surface area contributed by atoms with Crippen LogP contribution in [0.2, 0.25) is 0 Å². The third kappa shape index (κ3) is 6.05. The number of rotatable bonds is 7. The Morgan fingerprint density at radius 1 is 0.333 bits per heavy atom. The SMILES string of the molecule is CC1(C)c2cc(-c3ccc(N(c4ccc(-c5cccc6ccccc56)cc4)c4cc(-c5ccccc5)cc(-c5ccccc5)c4)cc3)cc3c2-c2c1ccc1c4ccccc4n(c21)-c1ccccc1-3. The molecule has 1 aliphatic heterocycles. The molecule has 0 radical (unpaired) electrons. The summed E-state index contributed by atoms with van der Waals surface area (Å²) in [6.45, 7) is 4.83. The minimum absolute atomic E-state index is 0.188. The van der Waals surface area contributed by atoms with Crippen molar-refractivity contribution < 1.29 is 0 Å². The molecule has 14 rings (SSSR count). The number of fused-ring (bicyclic) bond motifs is 7. The average molecular weight is 879 g/mol. The second kappa shape index (κ2) is 15.2. The monoisotopic (exact) mass is 878 g/mol. The number of para-hydroxylation sites is 2. The van der Waals surface area contributed by atoms with Gasteiger partial charge in [0.15, 0.2) is 0 Å². The van der Waals surface area contributed by atoms with Crippen LogP contribution in [0.4, 0.5) is 17.1 Å². The van der Waals surface area contributed by atoms with E-state index in [1.165, 1.54) is 116 Å². The molecule has 0 saturated carbocycles. The third-order valence-corrected chi connectivity index (χ3v) is 15.1. The highest BCUT2D eigenvalue weighted by molar-refractivity contribution is 6.19. The molecule has 69 heavy (non-hydrogen) atoms. The highest BCUT2D eigenvalue weighted by Crippen LogP contribution is 2.59. The first kappa shape index (κ1) is 39.4. The summed E-state index contributed by atoms with van der Waals surface area (Å²) in [5.74, 6) is 0. The van der Waals surface area contributed by atoms with Crippen LogP contribution in [-0.4, -0.2) is 4.57 Å². The summed E-state index contributed by atoms with van der Waals surface area (Å²) in [7, 11) is 0. The first-order chi connectivity index (χ1) is 34.0. The van der Waals surface area contributed by atoms with Crippen LogP contribution in [0.5, 0.6) is 0 Å². The number of benzene rings is 11. The number of aromatic nitrogens is 1. The normalized spacial score (nSPS) is 12.9. The Morgan fingerprint density at radius 2 is 0.899 bits per heavy atom. The van der Waals surface area contributed by atoms with Gasteiger partial charge in [0.05, 0.1) is 16.7 Å². The van der Waals surface area contributed by atoms with Crippen molar-refractivity contribution in [1.82, 2.24) is 4.57 Å². The zero-order valence-corrected chi connectivity index (χ0v) is 38.5. The zero-order valence-electron chi connectivity index (χ0n) is 38.5. The maximum Gasteiger partial charge on any atom is 0.0623 e. The van der Waals surface area contributed by atoms with Gasteiger partial charge in [-0.2, -0.15) is 0 Å². The van der Waals surface area contributed by atoms with Crippen molar-refractivity contribution >= 4 is 49.6 Å². The molecule has 0 atom stereocenters. The largest absolute Gasteiger partial charge is 0.310 e. The highest BCUT2D eigenvalue weighted by atomic mass is 15.1. The number of hydrogen-bond acceptors (Lipinski definition) is 1. The quantitative estimate of drug-likeness (QED) is 0.155. The van der Waals surface area contributed by atoms with Crippen LogP contribution >= 0.6 is 0 Å². The molecular formula is C67H46N2. The Hall–Kier alpha value is -8.72. The molecule has 1 aromatic heterocycles. The lowest BCUT2D eigenvalue weighted by Crippen LogP contribution is -2.15. The standard InChI is InChI=1S/C67H46N2/c1-67(2)60-37-36-58-56-23-11-13-26-62(56)69-63-27-14-12-24-57(63)59-41-50(42-61(67)64(59)65(60)66(58)69)45-28-32-51(33-29-45)68(52-34-30-47(31-35-52)55-25-15-21-46-20-9-10-22-54(46)55)53-39-48(43-16-5-3-6-17-43)38-49(40-53)44-18-7-4-8-19-44/h3-42H,1-2H3. The van der Waals surface area contributed by atoms with Gasteiger partial charge in [-0.05, 0) is 144 Å². The Kier molecular flexibility index (Phi) is 8.66. The van der Waals surface area contributed by atoms with E-state index < -0.39 is 0 Å². The lowest BCUT2D eigenvalue weighted by Gasteiger charge is -2.27. The third-order valence-electron chi connectivity index (χ3n) is 15.1. The van der Waals surface area contributed by atoms with Gasteiger partial charge in [0.2, 0.25) is 0 Å². The molecule has 0 unspecified atom stereocenters. The highest BCUT2D eigenvalue weighted by Gasteiger charge is 2.41. The van der Waals surface area contributed by atoms with Crippen molar-refractivity contribution in [2.24, 2.45) is 0 Å². The minimum Gasteiger partial charge on any atom is -0.310 e. The van der Waals surface area contributed by atoms with Gasteiger partial charge in [0.1, 0.15) is 0 Å². The Morgan fingerprint density at radius 3 is 1.62 bits per heavy atom. The van der Waals surface area contributed by atoms with Crippen LogP contribution in [0, 0.1) is 0 Å². The van der Waals surface area contributed by atoms with E-state index >= 15 is 0 Å². The fraction of sp³-hybridized carbons (Fsp3) is 0.0448. The Labute approximate surface area is 402 Å². The molecule has 324 valence electrons. The molecule has 11 aromatic carbocycles. The molecule has 0 spiro atoms. The van der Waals surface area contributed by atoms with E-state index in [4.69, 9.17) is 0 Å². The minimum atomic E-state index is -0.188. The summed E-state index contributed by atoms with van der Waals surface area (Å²) >= 11 is 0. The lowest BCUT2D eigenvalue weighted by molar-refractivity contribution is 0.661. The van der Waals surface area contributed by atoms with Crippen molar-refractivity contribution in [3.05, 3.63) is 254 Å². The molecular weight excluding hydrogens is 833 g/mol. The summed E-state index contributed by atoms with van der Waals surface area (Å²) in [6, 6.07) is 89.8. The first-order valence-corrected chi connectivity index (χ1v) is 24.1. The first-order valence-electron chi connectivity index (χ1n) is 24.1. The van der Waals surface area contributed by atoms with Crippen LogP contribution in [0.1, 0.15) is 25.0 Å². The fourth-order valence-electron chi connectivity index (χ4n) is 11.8. The smallest absolute Gasteiger partial charge is 0.0623 e. The fourth-order valence-corrected chi connectivity index (χ4v) is 11.8. The van der Waals surface area contributed by atoms with Gasteiger partial charge in [-0.15, -0.1) is 0 Å². The molecule has 0 bridgehead atoms. The maximum atomic E-state index is 2.54. The molecule has 12 aromatic rings. The van der Waals surface area contributed by atoms with Crippen LogP contribution in [-0.2, 0) is 5.41 Å². The molecule has 2 nitrogen and oxygen atoms in total. The zero-order chi connectivity index (χ0) is 45.8. The van der Waals surface area contributed by atoms with Gasteiger partial charge in [0.25, 0.3) is 0 Å². The molecule has 2 heteroatoms. The average Bonchev–Trinajstić information content (AvgIpc) is 3.82. The van der Waals surface area contributed by atoms with Crippen LogP contribution in [0.25, 0.3) is 105 Å². The van der Waals surface area contributed by atoms with Gasteiger partial charge in [0, 0.05) is 44.4 Å². The van der Waals surface area contributed by atoms with Gasteiger partial charge in [-0.3, -0.25) is 0 Å². The van der Waals surface area contributed by atoms with Gasteiger partial charge in [-0.25, -0.2) is 0 Å². The molecule has 0 N–H and O–H groups in total. The van der Waals surface area contributed by atoms with E-state index in [1.54, 1.807) is 0 Å². The van der Waals surface area contributed by atoms with E-state index in [9.17, 15) is 0 Å². The van der Waals surface area contributed by atoms with E-state index in [0.29, 0.717) is 0 Å². The van der Waals surface area contributed by atoms with Crippen molar-refractivity contribution in [3.63, 3.8) is 0 Å². The van der Waals surface area contributed by atoms with E-state index in [0.717, 1.165) is 17.1 Å². The summed E-state index contributed by atoms with van der Waals surface area (Å²) in [6.07, 6.45) is 0. The lowest BCUT2D eigenvalue weighted by atomic mass is 9.80. The Bertz CT molecular complexity index is 3940. The molecule has 2 aliphatic rings. The predicted octanol–water partition coefficient (Wildman–Crippen LogP) is 18.4. The van der Waals surface area contributed by atoms with Crippen molar-refractivity contribution in [2.75, 3.05) is 4.90 Å². The number of anilines is 3. The van der Waals surface area contributed by atoms with Crippen LogP contribution in [0.3, 0.4) is 0 Å². The van der Waals surface area contributed by atoms with Crippen molar-refractivity contribution in [2.45, 2.75) is 19.3 Å². The molecule has 1 aliphatic carbocycles. The topological polar surface area (TPSA) is 8.17 Å². The summed E-state index contributed by atoms with van der Waals surface area (Å²) in [5, 5.41) is 5.11. The summed E-state index contributed by atoms with van der Waals surface area (Å²) < 4.78 is 2.54. The predicted molar refractivity (Wildman–Crippen MR) is 291 cm³/mol. The Balaban J connectivity index is 0.938. The van der Waals surface area contributed by atoms with Gasteiger partial charge < -0.3 is 9.47 Å². The number of hydrogen-bond donors (Lipinski definition) is 0. The van der Waals surface area contributed by atoms with E-state index in [-0.39, 0.29) is 5.41 Å². The van der Waals surface area contributed by atoms with Crippen molar-refractivity contribution in [3.8, 4) is 72.4 Å². The van der Waals surface area contributed by atoms with E-state index in [1.807, 2.05) is 0 Å². The number of nitrogens with zero attached hydrogens (tertiary/aromatic N) is 2. The second-order valence-corrected chi connectivity index (χ2v) is 19.3. The second-order valence-electron chi connectivity index (χ2n) is 19.3. The molecule has 0 amide bonds. The summed E-state index contributed by atoms with van der Waals surface area (Å²) in [4.78, 5) is 2.42. The van der Waals surface area contributed by atoms with Crippen molar-refractivity contribution in [1.29, 1.82) is 0 Å². The van der Waals surface area contributed by atoms with Crippen LogP contribution in [0.15, 0.2) is 243 Å². The van der Waals surface area contributed by atoms with Gasteiger partial charge in [-0.1, -0.05) is 190 Å². The maximum absolute atomic E-state index is 2.54. The molecule has 0 saturated heterocycles. The van der Waals surface area contributed by atoms with Crippen LogP contribution < -0.4 is 4.90 Å². The molecule has 0 fully saturated rings.